The van der Waals surface area contributed by atoms with Crippen LogP contribution in [0.15, 0.2) is 37.1 Å². The van der Waals surface area contributed by atoms with E-state index in [0.717, 1.165) is 19.5 Å². The van der Waals surface area contributed by atoms with Gasteiger partial charge < -0.3 is 14.2 Å². The van der Waals surface area contributed by atoms with Crippen molar-refractivity contribution in [3.05, 3.63) is 42.6 Å². The van der Waals surface area contributed by atoms with Crippen molar-refractivity contribution >= 4 is 11.8 Å². The van der Waals surface area contributed by atoms with E-state index in [9.17, 15) is 4.79 Å². The first kappa shape index (κ1) is 16.5. The van der Waals surface area contributed by atoms with Crippen LogP contribution in [0.2, 0.25) is 0 Å². The lowest BCUT2D eigenvalue weighted by atomic mass is 9.93. The molecular weight excluding hydrogens is 304 g/mol. The van der Waals surface area contributed by atoms with Gasteiger partial charge in [-0.15, -0.1) is 0 Å². The minimum Gasteiger partial charge on any atom is -0.459 e. The molecule has 6 heteroatoms. The molecule has 2 aromatic rings. The Morgan fingerprint density at radius 1 is 1.38 bits per heavy atom. The zero-order valence-electron chi connectivity index (χ0n) is 14.4. The number of carbonyl (C=O) groups excluding carboxylic acids is 1. The molecule has 0 amide bonds. The first-order valence-corrected chi connectivity index (χ1v) is 8.44. The molecule has 1 aliphatic heterocycles. The number of rotatable bonds is 4. The quantitative estimate of drug-likeness (QED) is 0.808. The summed E-state index contributed by atoms with van der Waals surface area (Å²) in [5.74, 6) is 0.941. The molecule has 6 nitrogen and oxygen atoms in total. The first-order chi connectivity index (χ1) is 11.6. The average Bonchev–Trinajstić information content (AvgIpc) is 3.09. The van der Waals surface area contributed by atoms with E-state index in [2.05, 4.69) is 26.4 Å². The van der Waals surface area contributed by atoms with Crippen molar-refractivity contribution in [1.82, 2.24) is 14.5 Å². The number of carbonyl (C=O) groups is 1. The van der Waals surface area contributed by atoms with Crippen molar-refractivity contribution in [3.8, 4) is 0 Å². The molecule has 0 N–H and O–H groups in total. The zero-order valence-corrected chi connectivity index (χ0v) is 14.4. The zero-order chi connectivity index (χ0) is 17.1. The number of anilines is 1. The summed E-state index contributed by atoms with van der Waals surface area (Å²) in [7, 11) is 0. The lowest BCUT2D eigenvalue weighted by molar-refractivity contribution is 0.0378. The predicted octanol–water partition coefficient (Wildman–Crippen LogP) is 2.93. The number of nitrogens with zero attached hydrogens (tertiary/aromatic N) is 4. The van der Waals surface area contributed by atoms with Crippen molar-refractivity contribution < 1.29 is 9.53 Å². The van der Waals surface area contributed by atoms with E-state index in [-0.39, 0.29) is 12.1 Å². The summed E-state index contributed by atoms with van der Waals surface area (Å²) in [6.45, 7) is 7.65. The molecule has 128 valence electrons. The van der Waals surface area contributed by atoms with E-state index < -0.39 is 0 Å². The van der Waals surface area contributed by atoms with Crippen molar-refractivity contribution in [2.45, 2.75) is 39.3 Å². The van der Waals surface area contributed by atoms with Gasteiger partial charge in [0.15, 0.2) is 0 Å². The van der Waals surface area contributed by atoms with Gasteiger partial charge in [-0.3, -0.25) is 0 Å². The molecular formula is C18H24N4O2. The van der Waals surface area contributed by atoms with Gasteiger partial charge in [-0.25, -0.2) is 14.8 Å². The largest absolute Gasteiger partial charge is 0.459 e. The van der Waals surface area contributed by atoms with Crippen molar-refractivity contribution in [1.29, 1.82) is 0 Å². The molecule has 3 heterocycles. The van der Waals surface area contributed by atoms with Crippen LogP contribution in [0.4, 0.5) is 5.82 Å². The second-order valence-electron chi connectivity index (χ2n) is 6.62. The Kier molecular flexibility index (Phi) is 4.83. The van der Waals surface area contributed by atoms with Gasteiger partial charge in [0.1, 0.15) is 11.4 Å². The summed E-state index contributed by atoms with van der Waals surface area (Å²) < 4.78 is 7.51. The summed E-state index contributed by atoms with van der Waals surface area (Å²) in [4.78, 5) is 23.2. The van der Waals surface area contributed by atoms with Gasteiger partial charge in [0.25, 0.3) is 0 Å². The van der Waals surface area contributed by atoms with Gasteiger partial charge in [-0.05, 0) is 38.3 Å². The van der Waals surface area contributed by atoms with E-state index in [1.165, 1.54) is 0 Å². The van der Waals surface area contributed by atoms with Crippen molar-refractivity contribution in [2.75, 3.05) is 18.0 Å². The van der Waals surface area contributed by atoms with E-state index >= 15 is 0 Å². The number of hydrogen-bond donors (Lipinski definition) is 0. The van der Waals surface area contributed by atoms with Gasteiger partial charge in [-0.2, -0.15) is 0 Å². The summed E-state index contributed by atoms with van der Waals surface area (Å²) in [5, 5.41) is 0. The molecule has 2 unspecified atom stereocenters. The van der Waals surface area contributed by atoms with E-state index in [1.807, 2.05) is 26.4 Å². The molecule has 1 aliphatic rings. The number of pyridine rings is 1. The topological polar surface area (TPSA) is 60.2 Å². The highest BCUT2D eigenvalue weighted by Gasteiger charge is 2.30. The van der Waals surface area contributed by atoms with Crippen molar-refractivity contribution in [3.63, 3.8) is 0 Å². The SMILES string of the molecule is CC(C)OC(=O)c1cccnc1N1CCC(C)C(n2ccnc2)C1. The number of piperidine rings is 1. The molecule has 0 aromatic carbocycles. The molecule has 2 atom stereocenters. The van der Waals surface area contributed by atoms with Gasteiger partial charge in [-0.1, -0.05) is 6.92 Å². The summed E-state index contributed by atoms with van der Waals surface area (Å²) in [5.41, 5.74) is 0.533. The molecule has 2 aromatic heterocycles. The van der Waals surface area contributed by atoms with E-state index in [1.54, 1.807) is 24.5 Å². The Hall–Kier alpha value is -2.37. The summed E-state index contributed by atoms with van der Waals surface area (Å²) in [6.07, 6.45) is 8.28. The fourth-order valence-electron chi connectivity index (χ4n) is 3.18. The maximum absolute atomic E-state index is 12.4. The van der Waals surface area contributed by atoms with Crippen LogP contribution in [0.1, 0.15) is 43.6 Å². The Morgan fingerprint density at radius 2 is 2.21 bits per heavy atom. The molecule has 0 spiro atoms. The van der Waals surface area contributed by atoms with Gasteiger partial charge >= 0.3 is 5.97 Å². The van der Waals surface area contributed by atoms with Gasteiger partial charge in [0.05, 0.1) is 18.5 Å². The van der Waals surface area contributed by atoms with Crippen LogP contribution in [0.5, 0.6) is 0 Å². The summed E-state index contributed by atoms with van der Waals surface area (Å²) in [6, 6.07) is 3.88. The average molecular weight is 328 g/mol. The van der Waals surface area contributed by atoms with Crippen LogP contribution in [0.3, 0.4) is 0 Å². The van der Waals surface area contributed by atoms with Crippen LogP contribution < -0.4 is 4.90 Å². The second kappa shape index (κ2) is 7.03. The number of imidazole rings is 1. The third-order valence-electron chi connectivity index (χ3n) is 4.48. The minimum atomic E-state index is -0.314. The third-order valence-corrected chi connectivity index (χ3v) is 4.48. The Bertz CT molecular complexity index is 684. The molecule has 0 saturated carbocycles. The standard InChI is InChI=1S/C18H24N4O2/c1-13(2)24-18(23)15-5-4-7-20-17(15)21-9-6-14(3)16(11-21)22-10-8-19-12-22/h4-5,7-8,10,12-14,16H,6,9,11H2,1-3H3. The summed E-state index contributed by atoms with van der Waals surface area (Å²) >= 11 is 0. The normalized spacial score (nSPS) is 21.1. The minimum absolute atomic E-state index is 0.148. The van der Waals surface area contributed by atoms with Gasteiger partial charge in [0.2, 0.25) is 0 Å². The maximum atomic E-state index is 12.4. The fraction of sp³-hybridized carbons (Fsp3) is 0.500. The molecule has 0 aliphatic carbocycles. The molecule has 3 rings (SSSR count). The molecule has 1 fully saturated rings. The lowest BCUT2D eigenvalue weighted by Crippen LogP contribution is -2.41. The molecule has 1 saturated heterocycles. The highest BCUT2D eigenvalue weighted by atomic mass is 16.5. The van der Waals surface area contributed by atoms with E-state index in [0.29, 0.717) is 23.3 Å². The van der Waals surface area contributed by atoms with Gasteiger partial charge in [0, 0.05) is 31.7 Å². The second-order valence-corrected chi connectivity index (χ2v) is 6.62. The Morgan fingerprint density at radius 3 is 2.92 bits per heavy atom. The van der Waals surface area contributed by atoms with Crippen LogP contribution in [-0.4, -0.2) is 39.7 Å². The Labute approximate surface area is 142 Å². The molecule has 24 heavy (non-hydrogen) atoms. The highest BCUT2D eigenvalue weighted by molar-refractivity contribution is 5.94. The number of hydrogen-bond acceptors (Lipinski definition) is 5. The smallest absolute Gasteiger partial charge is 0.342 e. The van der Waals surface area contributed by atoms with E-state index in [4.69, 9.17) is 4.74 Å². The predicted molar refractivity (Wildman–Crippen MR) is 92.0 cm³/mol. The first-order valence-electron chi connectivity index (χ1n) is 8.44. The van der Waals surface area contributed by atoms with Crippen LogP contribution >= 0.6 is 0 Å². The lowest BCUT2D eigenvalue weighted by Gasteiger charge is -2.38. The monoisotopic (exact) mass is 328 g/mol. The Balaban J connectivity index is 1.85. The number of esters is 1. The van der Waals surface area contributed by atoms with Crippen LogP contribution in [0.25, 0.3) is 0 Å². The maximum Gasteiger partial charge on any atom is 0.342 e. The third kappa shape index (κ3) is 3.42. The van der Waals surface area contributed by atoms with Crippen LogP contribution in [-0.2, 0) is 4.74 Å². The number of ether oxygens (including phenoxy) is 1. The highest BCUT2D eigenvalue weighted by Crippen LogP contribution is 2.31. The van der Waals surface area contributed by atoms with Crippen LogP contribution in [0, 0.1) is 5.92 Å². The van der Waals surface area contributed by atoms with Crippen molar-refractivity contribution in [2.24, 2.45) is 5.92 Å². The fourth-order valence-corrected chi connectivity index (χ4v) is 3.18. The number of aromatic nitrogens is 3. The molecule has 0 bridgehead atoms. The molecule has 0 radical (unpaired) electrons.